The van der Waals surface area contributed by atoms with Crippen molar-refractivity contribution in [3.8, 4) is 0 Å². The van der Waals surface area contributed by atoms with Crippen molar-refractivity contribution in [2.45, 2.75) is 57.9 Å². The predicted molar refractivity (Wildman–Crippen MR) is 119 cm³/mol. The van der Waals surface area contributed by atoms with Gasteiger partial charge in [0.25, 0.3) is 15.9 Å². The maximum atomic E-state index is 13.3. The van der Waals surface area contributed by atoms with Crippen LogP contribution in [0.15, 0.2) is 53.4 Å². The Morgan fingerprint density at radius 3 is 2.47 bits per heavy atom. The molecule has 2 fully saturated rings. The smallest absolute Gasteiger partial charge is 0.261 e. The summed E-state index contributed by atoms with van der Waals surface area (Å²) < 4.78 is 28.3. The maximum Gasteiger partial charge on any atom is 0.261 e. The van der Waals surface area contributed by atoms with Gasteiger partial charge < -0.3 is 4.90 Å². The standard InChI is InChI=1S/C24H30N2O3S/c1-17-8-10-19(11-9-17)25-30(28,29)21-7-5-6-18(12-21)22(27)26-16-24(4)14-20(26)13-23(2,3)15-24/h5-12,20,25H,13-16H2,1-4H3. The molecule has 2 aliphatic rings. The number of fused-ring (bicyclic) bond motifs is 2. The topological polar surface area (TPSA) is 66.5 Å². The second-order valence-electron chi connectivity index (χ2n) is 10.1. The Hall–Kier alpha value is -2.34. The molecule has 2 unspecified atom stereocenters. The lowest BCUT2D eigenvalue weighted by Crippen LogP contribution is -2.37. The van der Waals surface area contributed by atoms with Gasteiger partial charge in [-0.1, -0.05) is 44.5 Å². The summed E-state index contributed by atoms with van der Waals surface area (Å²) in [6, 6.07) is 13.8. The average molecular weight is 427 g/mol. The zero-order chi connectivity index (χ0) is 21.7. The van der Waals surface area contributed by atoms with Crippen LogP contribution in [0.25, 0.3) is 0 Å². The zero-order valence-corrected chi connectivity index (χ0v) is 18.9. The molecule has 2 atom stereocenters. The monoisotopic (exact) mass is 426 g/mol. The first kappa shape index (κ1) is 20.9. The van der Waals surface area contributed by atoms with Crippen molar-refractivity contribution in [3.05, 3.63) is 59.7 Å². The number of nitrogens with zero attached hydrogens (tertiary/aromatic N) is 1. The number of rotatable bonds is 4. The number of nitrogens with one attached hydrogen (secondary N) is 1. The van der Waals surface area contributed by atoms with Crippen molar-refractivity contribution in [2.75, 3.05) is 11.3 Å². The summed E-state index contributed by atoms with van der Waals surface area (Å²) in [5.41, 5.74) is 2.34. The molecule has 0 radical (unpaired) electrons. The molecule has 4 rings (SSSR count). The third-order valence-electron chi connectivity index (χ3n) is 6.37. The average Bonchev–Trinajstić information content (AvgIpc) is 2.91. The minimum absolute atomic E-state index is 0.0752. The zero-order valence-electron chi connectivity index (χ0n) is 18.1. The molecule has 2 aromatic rings. The van der Waals surface area contributed by atoms with Gasteiger partial charge in [-0.2, -0.15) is 0 Å². The van der Waals surface area contributed by atoms with Crippen molar-refractivity contribution in [3.63, 3.8) is 0 Å². The first-order valence-electron chi connectivity index (χ1n) is 10.5. The Kier molecular flexibility index (Phi) is 4.96. The number of carbonyl (C=O) groups excluding carboxylic acids is 1. The molecule has 30 heavy (non-hydrogen) atoms. The number of likely N-dealkylation sites (tertiary alicyclic amines) is 1. The summed E-state index contributed by atoms with van der Waals surface area (Å²) in [6.07, 6.45) is 3.12. The van der Waals surface area contributed by atoms with Crippen molar-refractivity contribution >= 4 is 21.6 Å². The van der Waals surface area contributed by atoms with Gasteiger partial charge in [-0.3, -0.25) is 9.52 Å². The molecule has 5 nitrogen and oxygen atoms in total. The molecule has 1 aliphatic carbocycles. The van der Waals surface area contributed by atoms with Crippen LogP contribution in [-0.4, -0.2) is 31.8 Å². The van der Waals surface area contributed by atoms with Gasteiger partial charge in [0.05, 0.1) is 4.90 Å². The Morgan fingerprint density at radius 1 is 1.07 bits per heavy atom. The molecule has 2 bridgehead atoms. The van der Waals surface area contributed by atoms with E-state index in [0.29, 0.717) is 11.3 Å². The molecule has 1 saturated heterocycles. The molecule has 1 heterocycles. The van der Waals surface area contributed by atoms with E-state index in [1.807, 2.05) is 24.0 Å². The van der Waals surface area contributed by atoms with E-state index in [1.54, 1.807) is 24.3 Å². The molecule has 160 valence electrons. The number of hydrogen-bond donors (Lipinski definition) is 1. The first-order chi connectivity index (χ1) is 14.0. The summed E-state index contributed by atoms with van der Waals surface area (Å²) in [7, 11) is -3.77. The van der Waals surface area contributed by atoms with Crippen LogP contribution in [0.5, 0.6) is 0 Å². The Balaban J connectivity index is 1.57. The molecule has 1 aliphatic heterocycles. The van der Waals surface area contributed by atoms with Gasteiger partial charge in [-0.05, 0) is 67.3 Å². The summed E-state index contributed by atoms with van der Waals surface area (Å²) in [5, 5.41) is 0. The molecular weight excluding hydrogens is 396 g/mol. The van der Waals surface area contributed by atoms with Crippen molar-refractivity contribution in [1.82, 2.24) is 4.90 Å². The number of benzene rings is 2. The Morgan fingerprint density at radius 2 is 1.77 bits per heavy atom. The van der Waals surface area contributed by atoms with Gasteiger partial charge >= 0.3 is 0 Å². The van der Waals surface area contributed by atoms with Gasteiger partial charge in [0.15, 0.2) is 0 Å². The highest BCUT2D eigenvalue weighted by Gasteiger charge is 2.51. The number of sulfonamides is 1. The lowest BCUT2D eigenvalue weighted by molar-refractivity contribution is 0.0708. The van der Waals surface area contributed by atoms with E-state index in [4.69, 9.17) is 0 Å². The van der Waals surface area contributed by atoms with Gasteiger partial charge in [-0.15, -0.1) is 0 Å². The van der Waals surface area contributed by atoms with Crippen molar-refractivity contribution in [2.24, 2.45) is 10.8 Å². The van der Waals surface area contributed by atoms with Crippen LogP contribution in [0.4, 0.5) is 5.69 Å². The minimum Gasteiger partial charge on any atom is -0.335 e. The molecule has 6 heteroatoms. The van der Waals surface area contributed by atoms with Crippen molar-refractivity contribution < 1.29 is 13.2 Å². The highest BCUT2D eigenvalue weighted by Crippen LogP contribution is 2.52. The highest BCUT2D eigenvalue weighted by atomic mass is 32.2. The maximum absolute atomic E-state index is 13.3. The summed E-state index contributed by atoms with van der Waals surface area (Å²) in [6.45, 7) is 9.49. The Bertz CT molecular complexity index is 1080. The van der Waals surface area contributed by atoms with Crippen LogP contribution in [0.2, 0.25) is 0 Å². The lowest BCUT2D eigenvalue weighted by atomic mass is 9.65. The molecular formula is C24H30N2O3S. The molecule has 2 aromatic carbocycles. The summed E-state index contributed by atoms with van der Waals surface area (Å²) >= 11 is 0. The van der Waals surface area contributed by atoms with E-state index in [-0.39, 0.29) is 27.7 Å². The molecule has 0 spiro atoms. The van der Waals surface area contributed by atoms with E-state index in [9.17, 15) is 13.2 Å². The van der Waals surface area contributed by atoms with E-state index in [1.165, 1.54) is 12.1 Å². The third kappa shape index (κ3) is 4.10. The second-order valence-corrected chi connectivity index (χ2v) is 11.8. The van der Waals surface area contributed by atoms with Crippen LogP contribution in [0.1, 0.15) is 56.0 Å². The van der Waals surface area contributed by atoms with E-state index < -0.39 is 10.0 Å². The van der Waals surface area contributed by atoms with E-state index in [0.717, 1.165) is 31.4 Å². The van der Waals surface area contributed by atoms with Crippen molar-refractivity contribution in [1.29, 1.82) is 0 Å². The van der Waals surface area contributed by atoms with Gasteiger partial charge in [0.2, 0.25) is 0 Å². The fraction of sp³-hybridized carbons (Fsp3) is 0.458. The largest absolute Gasteiger partial charge is 0.335 e. The van der Waals surface area contributed by atoms with Crippen LogP contribution < -0.4 is 4.72 Å². The summed E-state index contributed by atoms with van der Waals surface area (Å²) in [5.74, 6) is -0.0752. The lowest BCUT2D eigenvalue weighted by Gasteiger charge is -2.39. The fourth-order valence-electron chi connectivity index (χ4n) is 5.50. The van der Waals surface area contributed by atoms with Crippen LogP contribution >= 0.6 is 0 Å². The number of carbonyl (C=O) groups is 1. The highest BCUT2D eigenvalue weighted by molar-refractivity contribution is 7.92. The van der Waals surface area contributed by atoms with E-state index in [2.05, 4.69) is 25.5 Å². The Labute approximate surface area is 179 Å². The van der Waals surface area contributed by atoms with Gasteiger partial charge in [-0.25, -0.2) is 8.42 Å². The normalized spacial score (nSPS) is 25.2. The van der Waals surface area contributed by atoms with Gasteiger partial charge in [0, 0.05) is 23.8 Å². The summed E-state index contributed by atoms with van der Waals surface area (Å²) in [4.78, 5) is 15.4. The molecule has 1 saturated carbocycles. The van der Waals surface area contributed by atoms with E-state index >= 15 is 0 Å². The third-order valence-corrected chi connectivity index (χ3v) is 7.75. The quantitative estimate of drug-likeness (QED) is 0.761. The van der Waals surface area contributed by atoms with Crippen LogP contribution in [-0.2, 0) is 10.0 Å². The second kappa shape index (κ2) is 7.12. The first-order valence-corrected chi connectivity index (χ1v) is 12.0. The molecule has 0 aromatic heterocycles. The number of aryl methyl sites for hydroxylation is 1. The molecule has 1 amide bonds. The minimum atomic E-state index is -3.77. The van der Waals surface area contributed by atoms with Crippen LogP contribution in [0, 0.1) is 17.8 Å². The SMILES string of the molecule is Cc1ccc(NS(=O)(=O)c2cccc(C(=O)N3CC4(C)CC3CC(C)(C)C4)c2)cc1. The van der Waals surface area contributed by atoms with Crippen LogP contribution in [0.3, 0.4) is 0 Å². The number of anilines is 1. The number of amides is 1. The predicted octanol–water partition coefficient (Wildman–Crippen LogP) is 4.84. The van der Waals surface area contributed by atoms with Gasteiger partial charge in [0.1, 0.15) is 0 Å². The number of hydrogen-bond acceptors (Lipinski definition) is 3. The molecule has 1 N–H and O–H groups in total. The fourth-order valence-corrected chi connectivity index (χ4v) is 6.60.